The van der Waals surface area contributed by atoms with Gasteiger partial charge in [-0.1, -0.05) is 46.4 Å². The van der Waals surface area contributed by atoms with Gasteiger partial charge in [-0.2, -0.15) is 18.6 Å². The molecule has 6 aromatic rings. The number of carbonyl (C=O) groups is 2. The van der Waals surface area contributed by atoms with E-state index in [2.05, 4.69) is 20.6 Å². The number of thiophene rings is 2. The summed E-state index contributed by atoms with van der Waals surface area (Å²) in [6.45, 7) is 2.64. The molecule has 60 heavy (non-hydrogen) atoms. The van der Waals surface area contributed by atoms with E-state index in [4.69, 9.17) is 61.0 Å². The third-order valence-corrected chi connectivity index (χ3v) is 14.3. The van der Waals surface area contributed by atoms with Crippen molar-refractivity contribution in [2.24, 2.45) is 0 Å². The lowest BCUT2D eigenvalue weighted by atomic mass is 10.1. The fraction of sp³-hybridized carbons (Fsp3) is 0.282. The maximum Gasteiger partial charge on any atom is 0.304 e. The summed E-state index contributed by atoms with van der Waals surface area (Å²) in [6, 6.07) is 13.1. The Hall–Kier alpha value is -4.17. The Morgan fingerprint density at radius 1 is 0.783 bits per heavy atom. The predicted molar refractivity (Wildman–Crippen MR) is 233 cm³/mol. The van der Waals surface area contributed by atoms with E-state index in [9.17, 15) is 22.6 Å². The molecule has 0 saturated carbocycles. The molecule has 2 amide bonds. The van der Waals surface area contributed by atoms with Gasteiger partial charge < -0.3 is 25.0 Å². The van der Waals surface area contributed by atoms with E-state index in [1.54, 1.807) is 41.1 Å². The summed E-state index contributed by atoms with van der Waals surface area (Å²) >= 11 is 27.9. The van der Waals surface area contributed by atoms with Crippen LogP contribution in [0.4, 0.5) is 0 Å². The standard InChI is InChI=1S/C39H35Cl4N7O7S3/c1-48(13-2-11-44-38(51)32-23-8-15-56-29-10-17-58-36(29)34(23)49(46-32)27-6-4-21(40)18-25(27)42)14-3-12-45-39(52)33-24-9-16-57-30-20-31(60(53,54)55)59-37(30)35(24)50(47-33)28-7-5-22(41)19-26(28)43/h4-7,10,17-20H,2-3,8-9,11-16H2,1H3,(H,44,51)(H,45,52)(H,53,54,55). The van der Waals surface area contributed by atoms with Gasteiger partial charge in [0, 0.05) is 53.2 Å². The molecule has 3 N–H and O–H groups in total. The molecule has 21 heteroatoms. The minimum atomic E-state index is -4.53. The number of halogens is 4. The van der Waals surface area contributed by atoms with Crippen molar-refractivity contribution in [3.63, 3.8) is 0 Å². The average Bonchev–Trinajstić information content (AvgIpc) is 3.96. The fourth-order valence-electron chi connectivity index (χ4n) is 7.10. The third-order valence-electron chi connectivity index (χ3n) is 9.89. The van der Waals surface area contributed by atoms with Crippen molar-refractivity contribution >= 4 is 91.0 Å². The number of amides is 2. The first-order valence-corrected chi connectivity index (χ1v) is 23.3. The lowest BCUT2D eigenvalue weighted by Gasteiger charge is -2.16. The van der Waals surface area contributed by atoms with Crippen LogP contribution < -0.4 is 20.1 Å². The number of rotatable bonds is 13. The average molecular weight is 952 g/mol. The number of ether oxygens (including phenoxy) is 2. The second-order valence-corrected chi connectivity index (χ2v) is 19.2. The summed E-state index contributed by atoms with van der Waals surface area (Å²) in [7, 11) is -2.56. The van der Waals surface area contributed by atoms with Crippen molar-refractivity contribution in [2.75, 3.05) is 46.4 Å². The summed E-state index contributed by atoms with van der Waals surface area (Å²) in [5.41, 5.74) is 4.01. The normalized spacial score (nSPS) is 13.3. The maximum absolute atomic E-state index is 13.7. The number of nitrogens with zero attached hydrogens (tertiary/aromatic N) is 5. The summed E-state index contributed by atoms with van der Waals surface area (Å²) in [5.74, 6) is 0.260. The van der Waals surface area contributed by atoms with Crippen LogP contribution in [0.15, 0.2) is 58.1 Å². The van der Waals surface area contributed by atoms with Crippen LogP contribution in [0.1, 0.15) is 44.9 Å². The molecule has 0 radical (unpaired) electrons. The molecule has 314 valence electrons. The highest BCUT2D eigenvalue weighted by atomic mass is 35.5. The Bertz CT molecular complexity index is 2750. The zero-order chi connectivity index (χ0) is 42.3. The van der Waals surface area contributed by atoms with Crippen LogP contribution >= 0.6 is 69.1 Å². The first kappa shape index (κ1) is 42.5. The molecule has 2 aromatic carbocycles. The van der Waals surface area contributed by atoms with Gasteiger partial charge in [-0.25, -0.2) is 9.36 Å². The summed E-state index contributed by atoms with van der Waals surface area (Å²) in [6.07, 6.45) is 2.09. The zero-order valence-electron chi connectivity index (χ0n) is 31.6. The number of hydrogen-bond acceptors (Lipinski definition) is 11. The maximum atomic E-state index is 13.7. The molecule has 0 fully saturated rings. The molecule has 14 nitrogen and oxygen atoms in total. The Morgan fingerprint density at radius 3 is 1.82 bits per heavy atom. The minimum absolute atomic E-state index is 0.139. The van der Waals surface area contributed by atoms with Crippen LogP contribution in [0, 0.1) is 0 Å². The van der Waals surface area contributed by atoms with Crippen molar-refractivity contribution in [1.29, 1.82) is 0 Å². The summed E-state index contributed by atoms with van der Waals surface area (Å²) in [4.78, 5) is 30.7. The van der Waals surface area contributed by atoms with E-state index < -0.39 is 16.0 Å². The molecular formula is C39H35Cl4N7O7S3. The second-order valence-electron chi connectivity index (χ2n) is 13.9. The van der Waals surface area contributed by atoms with Crippen LogP contribution in [0.5, 0.6) is 11.5 Å². The summed E-state index contributed by atoms with van der Waals surface area (Å²) < 4.78 is 48.6. The van der Waals surface area contributed by atoms with Crippen LogP contribution in [0.3, 0.4) is 0 Å². The molecule has 0 bridgehead atoms. The molecule has 2 aliphatic rings. The molecule has 0 saturated heterocycles. The molecule has 0 atom stereocenters. The quantitative estimate of drug-likeness (QED) is 0.0760. The Morgan fingerprint density at radius 2 is 1.30 bits per heavy atom. The highest BCUT2D eigenvalue weighted by Gasteiger charge is 2.33. The van der Waals surface area contributed by atoms with Crippen LogP contribution in [-0.2, 0) is 23.0 Å². The topological polar surface area (TPSA) is 170 Å². The molecule has 4 aromatic heterocycles. The van der Waals surface area contributed by atoms with E-state index in [0.717, 1.165) is 33.2 Å². The first-order chi connectivity index (χ1) is 28.8. The van der Waals surface area contributed by atoms with Gasteiger partial charge in [0.25, 0.3) is 11.8 Å². The zero-order valence-corrected chi connectivity index (χ0v) is 37.1. The lowest BCUT2D eigenvalue weighted by molar-refractivity contribution is 0.0939. The number of benzene rings is 2. The lowest BCUT2D eigenvalue weighted by Crippen LogP contribution is -2.31. The van der Waals surface area contributed by atoms with Crippen molar-refractivity contribution in [3.05, 3.63) is 96.5 Å². The monoisotopic (exact) mass is 949 g/mol. The Balaban J connectivity index is 0.890. The van der Waals surface area contributed by atoms with Crippen LogP contribution in [-0.4, -0.2) is 95.7 Å². The Labute approximate surface area is 372 Å². The summed E-state index contributed by atoms with van der Waals surface area (Å²) in [5, 5.41) is 18.9. The number of carbonyl (C=O) groups excluding carboxylic acids is 2. The van der Waals surface area contributed by atoms with E-state index >= 15 is 0 Å². The number of hydrogen-bond donors (Lipinski definition) is 3. The highest BCUT2D eigenvalue weighted by molar-refractivity contribution is 7.88. The molecule has 8 rings (SSSR count). The fourth-order valence-corrected chi connectivity index (χ4v) is 10.8. The SMILES string of the molecule is CN(CCCNC(=O)c1nn(-c2ccc(Cl)cc2Cl)c2c1CCOc1ccsc1-2)CCCNC(=O)c1nn(-c2ccc(Cl)cc2Cl)c2c1CCOc1cc(S(=O)(=O)O)sc1-2. The van der Waals surface area contributed by atoms with Gasteiger partial charge in [-0.05, 0) is 80.8 Å². The smallest absolute Gasteiger partial charge is 0.304 e. The molecule has 0 unspecified atom stereocenters. The van der Waals surface area contributed by atoms with Crippen LogP contribution in [0.2, 0.25) is 20.1 Å². The third kappa shape index (κ3) is 8.64. The van der Waals surface area contributed by atoms with Crippen molar-refractivity contribution < 1.29 is 32.0 Å². The molecule has 6 heterocycles. The number of aromatic nitrogens is 4. The van der Waals surface area contributed by atoms with Crippen molar-refractivity contribution in [3.8, 4) is 44.0 Å². The van der Waals surface area contributed by atoms with Gasteiger partial charge in [0.05, 0.1) is 55.8 Å². The predicted octanol–water partition coefficient (Wildman–Crippen LogP) is 8.12. The van der Waals surface area contributed by atoms with Crippen LogP contribution in [0.25, 0.3) is 32.5 Å². The van der Waals surface area contributed by atoms with E-state index in [1.807, 2.05) is 18.5 Å². The Kier molecular flexibility index (Phi) is 12.5. The van der Waals surface area contributed by atoms with E-state index in [1.165, 1.54) is 22.1 Å². The van der Waals surface area contributed by atoms with Gasteiger partial charge in [0.1, 0.15) is 11.5 Å². The highest BCUT2D eigenvalue weighted by Crippen LogP contribution is 2.46. The minimum Gasteiger partial charge on any atom is -0.492 e. The van der Waals surface area contributed by atoms with Crippen molar-refractivity contribution in [1.82, 2.24) is 35.1 Å². The van der Waals surface area contributed by atoms with Gasteiger partial charge in [0.2, 0.25) is 0 Å². The van der Waals surface area contributed by atoms with Crippen molar-refractivity contribution in [2.45, 2.75) is 29.9 Å². The number of nitrogens with one attached hydrogen (secondary N) is 2. The molecule has 2 aliphatic heterocycles. The van der Waals surface area contributed by atoms with Gasteiger partial charge in [0.15, 0.2) is 15.6 Å². The van der Waals surface area contributed by atoms with Gasteiger partial charge in [-0.3, -0.25) is 14.1 Å². The number of fused-ring (bicyclic) bond motifs is 6. The van der Waals surface area contributed by atoms with Gasteiger partial charge >= 0.3 is 10.1 Å². The second kappa shape index (κ2) is 17.7. The largest absolute Gasteiger partial charge is 0.492 e. The molecule has 0 aliphatic carbocycles. The van der Waals surface area contributed by atoms with Gasteiger partial charge in [-0.15, -0.1) is 22.7 Å². The van der Waals surface area contributed by atoms with E-state index in [0.29, 0.717) is 107 Å². The first-order valence-electron chi connectivity index (χ1n) is 18.6. The molecular weight excluding hydrogens is 916 g/mol. The van der Waals surface area contributed by atoms with E-state index in [-0.39, 0.29) is 33.2 Å². The molecule has 0 spiro atoms.